The van der Waals surface area contributed by atoms with E-state index < -0.39 is 18.1 Å². The maximum atomic E-state index is 11.6. The van der Waals surface area contributed by atoms with E-state index in [0.29, 0.717) is 4.88 Å². The predicted molar refractivity (Wildman–Crippen MR) is 72.3 cm³/mol. The summed E-state index contributed by atoms with van der Waals surface area (Å²) in [6, 6.07) is 9.53. The number of carbonyl (C=O) groups is 2. The smallest absolute Gasteiger partial charge is 0.408 e. The van der Waals surface area contributed by atoms with Gasteiger partial charge in [0.2, 0.25) is 0 Å². The molecule has 0 aliphatic rings. The molecule has 1 amide bonds. The number of hydrogen-bond donors (Lipinski definition) is 2. The lowest BCUT2D eigenvalue weighted by Crippen LogP contribution is -2.33. The lowest BCUT2D eigenvalue weighted by Gasteiger charge is -2.12. The number of rotatable bonds is 5. The molecule has 0 radical (unpaired) electrons. The summed E-state index contributed by atoms with van der Waals surface area (Å²) < 4.78 is 8.79. The van der Waals surface area contributed by atoms with Gasteiger partial charge in [-0.05, 0) is 23.2 Å². The van der Waals surface area contributed by atoms with Gasteiger partial charge in [-0.15, -0.1) is 0 Å². The number of hydrogen-bond acceptors (Lipinski definition) is 5. The van der Waals surface area contributed by atoms with E-state index in [1.54, 1.807) is 6.07 Å². The summed E-state index contributed by atoms with van der Waals surface area (Å²) in [6.07, 6.45) is 0.696. The van der Waals surface area contributed by atoms with Crippen molar-refractivity contribution in [2.24, 2.45) is 0 Å². The van der Waals surface area contributed by atoms with Gasteiger partial charge in [-0.3, -0.25) is 0 Å². The number of carboxylic acid groups (broad SMARTS) is 1. The first-order chi connectivity index (χ1) is 9.66. The van der Waals surface area contributed by atoms with Crippen LogP contribution in [0.5, 0.6) is 0 Å². The Kier molecular flexibility index (Phi) is 4.67. The zero-order chi connectivity index (χ0) is 14.4. The fourth-order valence-corrected chi connectivity index (χ4v) is 2.14. The summed E-state index contributed by atoms with van der Waals surface area (Å²) in [5, 5.41) is 11.4. The fourth-order valence-electron chi connectivity index (χ4n) is 1.51. The van der Waals surface area contributed by atoms with E-state index in [-0.39, 0.29) is 6.61 Å². The van der Waals surface area contributed by atoms with Crippen molar-refractivity contribution in [3.8, 4) is 0 Å². The molecule has 2 rings (SSSR count). The van der Waals surface area contributed by atoms with E-state index in [4.69, 9.17) is 9.84 Å². The van der Waals surface area contributed by atoms with Gasteiger partial charge in [0.25, 0.3) is 0 Å². The number of nitrogens with one attached hydrogen (secondary N) is 1. The van der Waals surface area contributed by atoms with Crippen molar-refractivity contribution in [2.45, 2.75) is 12.6 Å². The molecule has 1 aromatic carbocycles. The van der Waals surface area contributed by atoms with Crippen molar-refractivity contribution in [1.29, 1.82) is 0 Å². The van der Waals surface area contributed by atoms with Crippen LogP contribution in [0.15, 0.2) is 42.6 Å². The second-order valence-corrected chi connectivity index (χ2v) is 4.76. The van der Waals surface area contributed by atoms with Crippen LogP contribution in [0.4, 0.5) is 4.79 Å². The Labute approximate surface area is 119 Å². The average Bonchev–Trinajstić information content (AvgIpc) is 2.97. The Morgan fingerprint density at radius 1 is 1.30 bits per heavy atom. The van der Waals surface area contributed by atoms with Crippen molar-refractivity contribution in [3.63, 3.8) is 0 Å². The normalized spacial score (nSPS) is 11.6. The van der Waals surface area contributed by atoms with E-state index in [0.717, 1.165) is 17.1 Å². The highest BCUT2D eigenvalue weighted by Crippen LogP contribution is 2.17. The monoisotopic (exact) mass is 292 g/mol. The number of alkyl carbamates (subject to hydrolysis) is 1. The number of carboxylic acids is 1. The summed E-state index contributed by atoms with van der Waals surface area (Å²) in [4.78, 5) is 23.2. The Bertz CT molecular complexity index is 571. The molecule has 7 heteroatoms. The minimum absolute atomic E-state index is 0.0850. The summed E-state index contributed by atoms with van der Waals surface area (Å²) in [7, 11) is 0. The van der Waals surface area contributed by atoms with E-state index in [9.17, 15) is 9.59 Å². The minimum Gasteiger partial charge on any atom is -0.479 e. The third-order valence-electron chi connectivity index (χ3n) is 2.46. The Balaban J connectivity index is 1.91. The van der Waals surface area contributed by atoms with E-state index >= 15 is 0 Å². The number of benzene rings is 1. The summed E-state index contributed by atoms with van der Waals surface area (Å²) in [5.41, 5.74) is 0.826. The Hall–Kier alpha value is -2.41. The number of ether oxygens (including phenoxy) is 1. The van der Waals surface area contributed by atoms with Crippen molar-refractivity contribution >= 4 is 23.6 Å². The SMILES string of the molecule is O=C(NC(C(=O)O)c1ccns1)OCc1ccccc1. The van der Waals surface area contributed by atoms with Crippen molar-refractivity contribution in [2.75, 3.05) is 0 Å². The second-order valence-electron chi connectivity index (χ2n) is 3.89. The molecule has 0 bridgehead atoms. The van der Waals surface area contributed by atoms with Crippen LogP contribution in [0.2, 0.25) is 0 Å². The van der Waals surface area contributed by atoms with Crippen LogP contribution >= 0.6 is 11.5 Å². The predicted octanol–water partition coefficient (Wildman–Crippen LogP) is 2.20. The van der Waals surface area contributed by atoms with Gasteiger partial charge in [0, 0.05) is 6.20 Å². The molecule has 0 aliphatic carbocycles. The van der Waals surface area contributed by atoms with Crippen LogP contribution < -0.4 is 5.32 Å². The third kappa shape index (κ3) is 3.79. The highest BCUT2D eigenvalue weighted by atomic mass is 32.1. The Morgan fingerprint density at radius 2 is 2.05 bits per heavy atom. The molecule has 0 saturated carbocycles. The van der Waals surface area contributed by atoms with Gasteiger partial charge < -0.3 is 15.2 Å². The molecule has 1 heterocycles. The maximum Gasteiger partial charge on any atom is 0.408 e. The summed E-state index contributed by atoms with van der Waals surface area (Å²) in [5.74, 6) is -1.16. The van der Waals surface area contributed by atoms with Gasteiger partial charge in [-0.25, -0.2) is 14.0 Å². The molecule has 2 N–H and O–H groups in total. The van der Waals surface area contributed by atoms with E-state index in [1.807, 2.05) is 30.3 Å². The molecule has 20 heavy (non-hydrogen) atoms. The lowest BCUT2D eigenvalue weighted by molar-refractivity contribution is -0.139. The van der Waals surface area contributed by atoms with Gasteiger partial charge >= 0.3 is 12.1 Å². The first kappa shape index (κ1) is 14.0. The van der Waals surface area contributed by atoms with Crippen molar-refractivity contribution in [3.05, 3.63) is 53.0 Å². The van der Waals surface area contributed by atoms with Gasteiger partial charge in [0.15, 0.2) is 6.04 Å². The lowest BCUT2D eigenvalue weighted by atomic mass is 10.2. The molecule has 6 nitrogen and oxygen atoms in total. The van der Waals surface area contributed by atoms with Gasteiger partial charge in [0.05, 0.1) is 4.88 Å². The Morgan fingerprint density at radius 3 is 2.65 bits per heavy atom. The van der Waals surface area contributed by atoms with Crippen LogP contribution in [-0.2, 0) is 16.1 Å². The van der Waals surface area contributed by atoms with Crippen LogP contribution in [0, 0.1) is 0 Å². The minimum atomic E-state index is -1.16. The van der Waals surface area contributed by atoms with Crippen LogP contribution in [-0.4, -0.2) is 21.5 Å². The van der Waals surface area contributed by atoms with Gasteiger partial charge in [-0.2, -0.15) is 0 Å². The van der Waals surface area contributed by atoms with Crippen LogP contribution in [0.1, 0.15) is 16.5 Å². The molecule has 0 aliphatic heterocycles. The summed E-state index contributed by atoms with van der Waals surface area (Å²) >= 11 is 1.01. The number of nitrogens with zero attached hydrogens (tertiary/aromatic N) is 1. The molecular formula is C13H12N2O4S. The number of carbonyl (C=O) groups excluding carboxylic acids is 1. The van der Waals surface area contributed by atoms with Gasteiger partial charge in [-0.1, -0.05) is 30.3 Å². The fraction of sp³-hybridized carbons (Fsp3) is 0.154. The van der Waals surface area contributed by atoms with Crippen molar-refractivity contribution < 1.29 is 19.4 Å². The van der Waals surface area contributed by atoms with Gasteiger partial charge in [0.1, 0.15) is 6.61 Å². The van der Waals surface area contributed by atoms with E-state index in [1.165, 1.54) is 6.20 Å². The zero-order valence-corrected chi connectivity index (χ0v) is 11.2. The molecule has 104 valence electrons. The molecular weight excluding hydrogens is 280 g/mol. The number of amides is 1. The molecule has 1 aromatic heterocycles. The largest absolute Gasteiger partial charge is 0.479 e. The molecule has 0 fully saturated rings. The van der Waals surface area contributed by atoms with Crippen LogP contribution in [0.25, 0.3) is 0 Å². The molecule has 2 aromatic rings. The zero-order valence-electron chi connectivity index (χ0n) is 10.4. The first-order valence-electron chi connectivity index (χ1n) is 5.77. The third-order valence-corrected chi connectivity index (χ3v) is 3.27. The molecule has 0 saturated heterocycles. The number of aliphatic carboxylic acids is 1. The van der Waals surface area contributed by atoms with E-state index in [2.05, 4.69) is 9.69 Å². The molecule has 1 atom stereocenters. The highest BCUT2D eigenvalue weighted by Gasteiger charge is 2.24. The van der Waals surface area contributed by atoms with Crippen molar-refractivity contribution in [1.82, 2.24) is 9.69 Å². The maximum absolute atomic E-state index is 11.6. The molecule has 0 spiro atoms. The second kappa shape index (κ2) is 6.67. The summed E-state index contributed by atoms with van der Waals surface area (Å²) in [6.45, 7) is 0.0850. The highest BCUT2D eigenvalue weighted by molar-refractivity contribution is 7.05. The average molecular weight is 292 g/mol. The standard InChI is InChI=1S/C13H12N2O4S/c16-12(17)11(10-6-7-14-20-10)15-13(18)19-8-9-4-2-1-3-5-9/h1-7,11H,8H2,(H,15,18)(H,16,17). The van der Waals surface area contributed by atoms with Crippen LogP contribution in [0.3, 0.4) is 0 Å². The number of aromatic nitrogens is 1. The first-order valence-corrected chi connectivity index (χ1v) is 6.55. The topological polar surface area (TPSA) is 88.5 Å². The quantitative estimate of drug-likeness (QED) is 0.882. The molecule has 1 unspecified atom stereocenters.